The Morgan fingerprint density at radius 1 is 0.895 bits per heavy atom. The van der Waals surface area contributed by atoms with Gasteiger partial charge in [-0.3, -0.25) is 13.9 Å². The van der Waals surface area contributed by atoms with Gasteiger partial charge in [-0.25, -0.2) is 17.2 Å². The molecule has 38 heavy (non-hydrogen) atoms. The highest BCUT2D eigenvalue weighted by molar-refractivity contribution is 7.92. The Balaban J connectivity index is 2.02. The number of sulfonamides is 1. The predicted octanol–water partition coefficient (Wildman–Crippen LogP) is 4.49. The summed E-state index contributed by atoms with van der Waals surface area (Å²) in [4.78, 5) is 27.7. The van der Waals surface area contributed by atoms with Crippen LogP contribution in [0.4, 0.5) is 14.5 Å². The molecule has 1 atom stereocenters. The molecule has 2 amide bonds. The van der Waals surface area contributed by atoms with Crippen molar-refractivity contribution in [1.82, 2.24) is 10.2 Å². The van der Waals surface area contributed by atoms with Gasteiger partial charge in [0.2, 0.25) is 11.8 Å². The third-order valence-corrected chi connectivity index (χ3v) is 7.48. The number of benzene rings is 3. The van der Waals surface area contributed by atoms with Crippen molar-refractivity contribution in [3.8, 4) is 0 Å². The first kappa shape index (κ1) is 28.8. The van der Waals surface area contributed by atoms with E-state index < -0.39 is 51.6 Å². The van der Waals surface area contributed by atoms with Crippen LogP contribution in [-0.4, -0.2) is 43.3 Å². The Labute approximate surface area is 222 Å². The number of hydrogen-bond donors (Lipinski definition) is 1. The number of para-hydroxylation sites is 1. The Hall–Kier alpha value is -3.79. The van der Waals surface area contributed by atoms with E-state index in [1.807, 2.05) is 0 Å². The average Bonchev–Trinajstić information content (AvgIpc) is 2.86. The van der Waals surface area contributed by atoms with Crippen LogP contribution in [0.25, 0.3) is 0 Å². The number of halogens is 2. The van der Waals surface area contributed by atoms with E-state index in [1.54, 1.807) is 45.0 Å². The molecule has 202 valence electrons. The summed E-state index contributed by atoms with van der Waals surface area (Å²) in [5, 5.41) is 2.81. The van der Waals surface area contributed by atoms with E-state index in [2.05, 4.69) is 5.32 Å². The molecule has 0 fully saturated rings. The molecule has 3 rings (SSSR count). The highest BCUT2D eigenvalue weighted by Gasteiger charge is 2.33. The van der Waals surface area contributed by atoms with Crippen LogP contribution < -0.4 is 9.62 Å². The SMILES string of the molecule is C[C@@H](C(=O)NC(C)(C)C)N(Cc1ccccc1F)C(=O)CN(c1ccccc1)S(=O)(=O)c1ccc(F)cc1. The van der Waals surface area contributed by atoms with Gasteiger partial charge in [-0.05, 0) is 70.2 Å². The maximum Gasteiger partial charge on any atom is 0.264 e. The Kier molecular flexibility index (Phi) is 8.88. The summed E-state index contributed by atoms with van der Waals surface area (Å²) in [6.07, 6.45) is 0. The Morgan fingerprint density at radius 3 is 2.05 bits per heavy atom. The predicted molar refractivity (Wildman–Crippen MR) is 142 cm³/mol. The smallest absolute Gasteiger partial charge is 0.264 e. The van der Waals surface area contributed by atoms with Gasteiger partial charge >= 0.3 is 0 Å². The molecule has 1 N–H and O–H groups in total. The van der Waals surface area contributed by atoms with E-state index in [-0.39, 0.29) is 22.7 Å². The minimum absolute atomic E-state index is 0.170. The van der Waals surface area contributed by atoms with Crippen LogP contribution in [-0.2, 0) is 26.2 Å². The molecule has 0 saturated heterocycles. The summed E-state index contributed by atoms with van der Waals surface area (Å²) in [5.74, 6) is -2.37. The molecule has 10 heteroatoms. The zero-order chi connectivity index (χ0) is 28.1. The average molecular weight is 544 g/mol. The van der Waals surface area contributed by atoms with Crippen LogP contribution >= 0.6 is 0 Å². The van der Waals surface area contributed by atoms with Crippen LogP contribution in [0.3, 0.4) is 0 Å². The van der Waals surface area contributed by atoms with E-state index in [0.717, 1.165) is 33.5 Å². The molecule has 0 aliphatic rings. The second kappa shape index (κ2) is 11.7. The molecule has 0 aliphatic carbocycles. The first-order valence-corrected chi connectivity index (χ1v) is 13.4. The lowest BCUT2D eigenvalue weighted by atomic mass is 10.1. The molecule has 0 spiro atoms. The van der Waals surface area contributed by atoms with Gasteiger partial charge in [0.1, 0.15) is 24.2 Å². The van der Waals surface area contributed by atoms with E-state index >= 15 is 0 Å². The van der Waals surface area contributed by atoms with Gasteiger partial charge in [-0.15, -0.1) is 0 Å². The molecule has 3 aromatic rings. The fourth-order valence-electron chi connectivity index (χ4n) is 3.72. The topological polar surface area (TPSA) is 86.8 Å². The van der Waals surface area contributed by atoms with Crippen LogP contribution in [0, 0.1) is 11.6 Å². The van der Waals surface area contributed by atoms with Crippen molar-refractivity contribution in [2.75, 3.05) is 10.8 Å². The Morgan fingerprint density at radius 2 is 1.47 bits per heavy atom. The molecular formula is C28H31F2N3O4S. The van der Waals surface area contributed by atoms with Crippen molar-refractivity contribution < 1.29 is 26.8 Å². The Bertz CT molecular complexity index is 1380. The molecular weight excluding hydrogens is 512 g/mol. The van der Waals surface area contributed by atoms with Gasteiger partial charge in [0.15, 0.2) is 0 Å². The normalized spacial score (nSPS) is 12.5. The number of carbonyl (C=O) groups is 2. The maximum absolute atomic E-state index is 14.5. The quantitative estimate of drug-likeness (QED) is 0.431. The lowest BCUT2D eigenvalue weighted by Crippen LogP contribution is -2.54. The van der Waals surface area contributed by atoms with Gasteiger partial charge in [0.25, 0.3) is 10.0 Å². The van der Waals surface area contributed by atoms with Crippen molar-refractivity contribution in [3.05, 3.63) is 96.1 Å². The molecule has 0 heterocycles. The van der Waals surface area contributed by atoms with Crippen molar-refractivity contribution in [2.24, 2.45) is 0 Å². The zero-order valence-corrected chi connectivity index (χ0v) is 22.5. The molecule has 0 unspecified atom stereocenters. The minimum Gasteiger partial charge on any atom is -0.350 e. The van der Waals surface area contributed by atoms with Crippen molar-refractivity contribution in [2.45, 2.75) is 50.7 Å². The number of anilines is 1. The molecule has 0 radical (unpaired) electrons. The van der Waals surface area contributed by atoms with Gasteiger partial charge in [0.05, 0.1) is 10.6 Å². The second-order valence-corrected chi connectivity index (χ2v) is 11.7. The van der Waals surface area contributed by atoms with Gasteiger partial charge in [-0.2, -0.15) is 0 Å². The molecule has 0 saturated carbocycles. The fraction of sp³-hybridized carbons (Fsp3) is 0.286. The standard InChI is InChI=1S/C28H31F2N3O4S/c1-20(27(35)31-28(2,3)4)32(18-21-10-8-9-13-25(21)30)26(34)19-33(23-11-6-5-7-12-23)38(36,37)24-16-14-22(29)15-17-24/h5-17,20H,18-19H2,1-4H3,(H,31,35)/t20-/m0/s1. The third kappa shape index (κ3) is 7.16. The van der Waals surface area contributed by atoms with Crippen LogP contribution in [0.5, 0.6) is 0 Å². The summed E-state index contributed by atoms with van der Waals surface area (Å²) >= 11 is 0. The van der Waals surface area contributed by atoms with E-state index in [9.17, 15) is 26.8 Å². The first-order valence-electron chi connectivity index (χ1n) is 12.0. The number of nitrogens with zero attached hydrogens (tertiary/aromatic N) is 2. The van der Waals surface area contributed by atoms with Gasteiger partial charge in [-0.1, -0.05) is 36.4 Å². The highest BCUT2D eigenvalue weighted by Crippen LogP contribution is 2.25. The van der Waals surface area contributed by atoms with E-state index in [0.29, 0.717) is 0 Å². The number of nitrogens with one attached hydrogen (secondary N) is 1. The van der Waals surface area contributed by atoms with Crippen molar-refractivity contribution in [3.63, 3.8) is 0 Å². The molecule has 0 aliphatic heterocycles. The summed E-state index contributed by atoms with van der Waals surface area (Å²) in [6.45, 7) is 5.92. The summed E-state index contributed by atoms with van der Waals surface area (Å²) in [5.41, 5.74) is -0.230. The van der Waals surface area contributed by atoms with Gasteiger partial charge in [0, 0.05) is 17.6 Å². The third-order valence-electron chi connectivity index (χ3n) is 5.69. The van der Waals surface area contributed by atoms with Crippen LogP contribution in [0.2, 0.25) is 0 Å². The van der Waals surface area contributed by atoms with Crippen molar-refractivity contribution >= 4 is 27.5 Å². The van der Waals surface area contributed by atoms with Gasteiger partial charge < -0.3 is 10.2 Å². The lowest BCUT2D eigenvalue weighted by molar-refractivity contribution is -0.140. The molecule has 3 aromatic carbocycles. The maximum atomic E-state index is 14.5. The molecule has 0 bridgehead atoms. The summed E-state index contributed by atoms with van der Waals surface area (Å²) in [6, 6.07) is 17.0. The highest BCUT2D eigenvalue weighted by atomic mass is 32.2. The van der Waals surface area contributed by atoms with E-state index in [1.165, 1.54) is 37.3 Å². The summed E-state index contributed by atoms with van der Waals surface area (Å²) in [7, 11) is -4.31. The first-order chi connectivity index (χ1) is 17.8. The molecule has 0 aromatic heterocycles. The lowest BCUT2D eigenvalue weighted by Gasteiger charge is -2.33. The van der Waals surface area contributed by atoms with Crippen molar-refractivity contribution in [1.29, 1.82) is 0 Å². The van der Waals surface area contributed by atoms with E-state index in [4.69, 9.17) is 0 Å². The summed E-state index contributed by atoms with van der Waals surface area (Å²) < 4.78 is 56.1. The largest absolute Gasteiger partial charge is 0.350 e. The van der Waals surface area contributed by atoms with Crippen LogP contribution in [0.1, 0.15) is 33.3 Å². The number of hydrogen-bond acceptors (Lipinski definition) is 4. The fourth-order valence-corrected chi connectivity index (χ4v) is 5.14. The minimum atomic E-state index is -4.31. The monoisotopic (exact) mass is 543 g/mol. The number of carbonyl (C=O) groups excluding carboxylic acids is 2. The van der Waals surface area contributed by atoms with Crippen LogP contribution in [0.15, 0.2) is 83.8 Å². The number of rotatable bonds is 9. The second-order valence-electron chi connectivity index (χ2n) is 9.83. The molecule has 7 nitrogen and oxygen atoms in total. The number of amides is 2. The zero-order valence-electron chi connectivity index (χ0n) is 21.7.